The Hall–Kier alpha value is -10.9. The molecule has 19 nitrogen and oxygen atoms in total. The topological polar surface area (TPSA) is 287 Å². The Morgan fingerprint density at radius 2 is 1.08 bits per heavy atom. The normalized spacial score (nSPS) is 11.4. The van der Waals surface area contributed by atoms with Gasteiger partial charge in [0, 0.05) is 52.8 Å². The molecule has 0 radical (unpaired) electrons. The number of aliphatic carboxylic acids is 1. The highest BCUT2D eigenvalue weighted by Crippen LogP contribution is 2.42. The molecule has 112 heavy (non-hydrogen) atoms. The van der Waals surface area contributed by atoms with Crippen LogP contribution in [0.4, 0.5) is 21.9 Å². The molecular weight excluding hydrogens is 1430 g/mol. The number of unbranched alkanes of at least 4 members (excludes halogenated alkanes) is 13. The van der Waals surface area contributed by atoms with Crippen molar-refractivity contribution in [3.05, 3.63) is 208 Å². The summed E-state index contributed by atoms with van der Waals surface area (Å²) in [5.41, 5.74) is 7.17. The molecule has 5 amide bonds. The lowest BCUT2D eigenvalue weighted by Gasteiger charge is -2.33. The van der Waals surface area contributed by atoms with Crippen LogP contribution in [-0.4, -0.2) is 94.1 Å². The predicted molar refractivity (Wildman–Crippen MR) is 453 cm³/mol. The number of aryl methyl sites for hydroxylation is 4. The van der Waals surface area contributed by atoms with Crippen molar-refractivity contribution < 1.29 is 63.3 Å². The minimum absolute atomic E-state index is 0.0204. The van der Waals surface area contributed by atoms with E-state index >= 15 is 0 Å². The van der Waals surface area contributed by atoms with Gasteiger partial charge in [-0.1, -0.05) is 227 Å². The number of urea groups is 1. The summed E-state index contributed by atoms with van der Waals surface area (Å²) in [6.45, 7) is 24.8. The number of fused-ring (bicyclic) bond motifs is 2. The number of nitrogens with zero attached hydrogens (tertiary/aromatic N) is 1. The molecule has 0 spiro atoms. The van der Waals surface area contributed by atoms with Crippen LogP contribution in [0.15, 0.2) is 164 Å². The molecule has 9 aromatic carbocycles. The monoisotopic (exact) mass is 1540 g/mol. The molecular formula is C92H114N6O13S. The number of phenolic OH excluding ortho intramolecular Hbond substituents is 3. The Balaban J connectivity index is 0.000000243. The standard InChI is InChI=1S/C39H44N4O5.C31H47NO5S.C22H23NO3/c1-24-9-18-34(25(2)19-24)47-26(3)36(45)42-32-20-33(44)31(43-37(46)41-29-14-10-27(22-40)11-15-29)21-35(32)48-30-16-12-28(13-17-30)39(7,8)23-38(4,5)6;1-2-3-4-5-6-7-8-9-10-11-12-13-14-17-20-32-31(36)27-23-28(37-21-22-38-24-29(33)34)25-18-15-16-19-26(25)30(27)35;1-15-8-11-20(16(2)14-15)26-13-5-12-23-22(25)19-10-9-17-6-3-4-7-18(17)21(19)24/h9-21,26,44H,23H2,1-8H3,(H,42,45)(H2,41,43,46);15-16,18-19,23,35H,2-14,17,20-22,24H2,1H3,(H,32,36)(H,33,34);3-4,6-11,14,24H,5,12-13H2,1-2H3,(H,23,25). The number of benzene rings is 9. The largest absolute Gasteiger partial charge is 0.506 e. The Bertz CT molecular complexity index is 4610. The molecule has 0 heterocycles. The van der Waals surface area contributed by atoms with Crippen molar-refractivity contribution in [2.24, 2.45) is 5.41 Å². The average molecular weight is 1540 g/mol. The van der Waals surface area contributed by atoms with Gasteiger partial charge in [0.25, 0.3) is 17.7 Å². The number of nitrogens with one attached hydrogen (secondary N) is 5. The number of aromatic hydroxyl groups is 3. The number of hydrogen-bond donors (Lipinski definition) is 9. The fourth-order valence-corrected chi connectivity index (χ4v) is 13.8. The Kier molecular flexibility index (Phi) is 35.3. The zero-order valence-electron chi connectivity index (χ0n) is 67.0. The van der Waals surface area contributed by atoms with Gasteiger partial charge in [0.15, 0.2) is 11.9 Å². The van der Waals surface area contributed by atoms with Crippen LogP contribution in [0.5, 0.6) is 46.0 Å². The van der Waals surface area contributed by atoms with Gasteiger partial charge in [-0.2, -0.15) is 5.26 Å². The van der Waals surface area contributed by atoms with Crippen LogP contribution < -0.4 is 45.5 Å². The highest BCUT2D eigenvalue weighted by atomic mass is 32.2. The highest BCUT2D eigenvalue weighted by molar-refractivity contribution is 7.99. The Morgan fingerprint density at radius 3 is 1.68 bits per heavy atom. The minimum Gasteiger partial charge on any atom is -0.506 e. The number of carboxylic acids is 1. The fourth-order valence-electron chi connectivity index (χ4n) is 13.3. The third-order valence-electron chi connectivity index (χ3n) is 18.8. The van der Waals surface area contributed by atoms with E-state index in [9.17, 15) is 39.3 Å². The number of anilines is 3. The van der Waals surface area contributed by atoms with E-state index in [0.29, 0.717) is 83.3 Å². The maximum Gasteiger partial charge on any atom is 0.323 e. The number of ether oxygens (including phenoxy) is 4. The Morgan fingerprint density at radius 1 is 0.527 bits per heavy atom. The van der Waals surface area contributed by atoms with Gasteiger partial charge >= 0.3 is 12.0 Å². The molecule has 0 fully saturated rings. The molecule has 0 saturated carbocycles. The minimum atomic E-state index is -0.873. The van der Waals surface area contributed by atoms with Gasteiger partial charge in [-0.3, -0.25) is 19.2 Å². The van der Waals surface area contributed by atoms with E-state index in [2.05, 4.69) is 81.1 Å². The fraction of sp³-hybridized carbons (Fsp3) is 0.391. The Labute approximate surface area is 665 Å². The number of rotatable bonds is 38. The second kappa shape index (κ2) is 44.8. The lowest BCUT2D eigenvalue weighted by molar-refractivity contribution is -0.134. The zero-order valence-corrected chi connectivity index (χ0v) is 67.9. The third-order valence-corrected chi connectivity index (χ3v) is 19.7. The first kappa shape index (κ1) is 88.3. The summed E-state index contributed by atoms with van der Waals surface area (Å²) in [5.74, 6) is 0.959. The van der Waals surface area contributed by atoms with E-state index in [4.69, 9.17) is 29.3 Å². The number of carboxylic acid groups (broad SMARTS) is 1. The van der Waals surface area contributed by atoms with Crippen molar-refractivity contribution in [2.75, 3.05) is 53.8 Å². The van der Waals surface area contributed by atoms with Gasteiger partial charge in [-0.05, 0) is 147 Å². The second-order valence-corrected chi connectivity index (χ2v) is 31.4. The van der Waals surface area contributed by atoms with Gasteiger partial charge < -0.3 is 66.0 Å². The van der Waals surface area contributed by atoms with E-state index in [-0.39, 0.29) is 68.3 Å². The summed E-state index contributed by atoms with van der Waals surface area (Å²) in [4.78, 5) is 62.0. The summed E-state index contributed by atoms with van der Waals surface area (Å²) in [7, 11) is 0. The van der Waals surface area contributed by atoms with E-state index in [1.165, 1.54) is 107 Å². The molecule has 9 aromatic rings. The molecule has 9 N–H and O–H groups in total. The van der Waals surface area contributed by atoms with Crippen LogP contribution in [0.25, 0.3) is 21.5 Å². The molecule has 0 aliphatic rings. The lowest BCUT2D eigenvalue weighted by Crippen LogP contribution is -2.30. The van der Waals surface area contributed by atoms with Crippen LogP contribution >= 0.6 is 11.8 Å². The first-order chi connectivity index (χ1) is 53.6. The summed E-state index contributed by atoms with van der Waals surface area (Å²) < 4.78 is 23.8. The van der Waals surface area contributed by atoms with E-state index in [1.807, 2.05) is 124 Å². The number of phenols is 3. The van der Waals surface area contributed by atoms with Crippen molar-refractivity contribution >= 4 is 80.1 Å². The van der Waals surface area contributed by atoms with Gasteiger partial charge in [0.2, 0.25) is 0 Å². The summed E-state index contributed by atoms with van der Waals surface area (Å²) in [6.07, 6.45) is 18.9. The van der Waals surface area contributed by atoms with E-state index in [1.54, 1.807) is 55.5 Å². The smallest absolute Gasteiger partial charge is 0.323 e. The summed E-state index contributed by atoms with van der Waals surface area (Å²) in [6, 6.07) is 49.8. The van der Waals surface area contributed by atoms with Crippen LogP contribution in [0.3, 0.4) is 0 Å². The van der Waals surface area contributed by atoms with Gasteiger partial charge in [-0.25, -0.2) is 4.79 Å². The number of nitriles is 1. The van der Waals surface area contributed by atoms with Gasteiger partial charge in [0.1, 0.15) is 40.2 Å². The van der Waals surface area contributed by atoms with Crippen LogP contribution in [0.1, 0.15) is 205 Å². The maximum atomic E-state index is 13.3. The molecule has 596 valence electrons. The predicted octanol–water partition coefficient (Wildman–Crippen LogP) is 21.8. The molecule has 1 unspecified atom stereocenters. The average Bonchev–Trinajstić information content (AvgIpc) is 0.773. The second-order valence-electron chi connectivity index (χ2n) is 30.3. The third kappa shape index (κ3) is 29.1. The number of thioether (sulfide) groups is 1. The highest BCUT2D eigenvalue weighted by Gasteiger charge is 2.28. The SMILES string of the molecule is CCCCCCCCCCCCCCCCNC(=O)c1cc(OCCSCC(=O)O)c2ccccc2c1O.Cc1ccc(OC(C)C(=O)Nc2cc(O)c(NC(=O)Nc3ccc(C#N)cc3)cc2Oc2ccc(C(C)(C)CC(C)(C)C)cc2)c(C)c1.Cc1ccc(OCCCNC(=O)c2ccc3ccccc3c2O)c(C)c1. The first-order valence-corrected chi connectivity index (χ1v) is 40.2. The van der Waals surface area contributed by atoms with E-state index < -0.39 is 24.0 Å². The summed E-state index contributed by atoms with van der Waals surface area (Å²) >= 11 is 1.27. The van der Waals surface area contributed by atoms with E-state index in [0.717, 1.165) is 58.0 Å². The van der Waals surface area contributed by atoms with Crippen molar-refractivity contribution in [1.82, 2.24) is 10.6 Å². The molecule has 0 aliphatic heterocycles. The molecule has 0 saturated heterocycles. The van der Waals surface area contributed by atoms with Crippen molar-refractivity contribution in [2.45, 2.75) is 190 Å². The molecule has 1 atom stereocenters. The van der Waals surface area contributed by atoms with Crippen molar-refractivity contribution in [1.29, 1.82) is 5.26 Å². The summed E-state index contributed by atoms with van der Waals surface area (Å²) in [5, 5.41) is 66.6. The van der Waals surface area contributed by atoms with Crippen LogP contribution in [0, 0.1) is 44.4 Å². The van der Waals surface area contributed by atoms with Crippen molar-refractivity contribution in [3.63, 3.8) is 0 Å². The quantitative estimate of drug-likeness (QED) is 0.0128. The number of amides is 5. The number of carbonyl (C=O) groups is 5. The maximum absolute atomic E-state index is 13.3. The molecule has 0 bridgehead atoms. The van der Waals surface area contributed by atoms with Gasteiger partial charge in [-0.15, -0.1) is 11.8 Å². The van der Waals surface area contributed by atoms with Gasteiger partial charge in [0.05, 0.1) is 53.1 Å². The molecule has 20 heteroatoms. The molecule has 0 aromatic heterocycles. The van der Waals surface area contributed by atoms with Crippen molar-refractivity contribution in [3.8, 4) is 52.1 Å². The lowest BCUT2D eigenvalue weighted by atomic mass is 9.72. The van der Waals surface area contributed by atoms with Crippen LogP contribution in [0.2, 0.25) is 0 Å². The molecule has 0 aliphatic carbocycles. The number of carbonyl (C=O) groups excluding carboxylic acids is 4. The number of hydrogen-bond acceptors (Lipinski definition) is 14. The molecule has 9 rings (SSSR count). The van der Waals surface area contributed by atoms with Crippen LogP contribution in [-0.2, 0) is 15.0 Å². The zero-order chi connectivity index (χ0) is 81.2. The first-order valence-electron chi connectivity index (χ1n) is 39.1.